The first-order chi connectivity index (χ1) is 10.5. The summed E-state index contributed by atoms with van der Waals surface area (Å²) in [5, 5.41) is 18.4. The number of aliphatic hydroxyl groups excluding tert-OH is 2. The van der Waals surface area contributed by atoms with Crippen LogP contribution < -0.4 is 17.1 Å². The molecule has 2 aliphatic rings. The molecule has 0 aliphatic carbocycles. The van der Waals surface area contributed by atoms with E-state index in [4.69, 9.17) is 14.6 Å². The van der Waals surface area contributed by atoms with Crippen molar-refractivity contribution in [3.05, 3.63) is 31.5 Å². The Morgan fingerprint density at radius 2 is 1.36 bits per heavy atom. The summed E-state index contributed by atoms with van der Waals surface area (Å²) in [6.45, 7) is 0.0391. The zero-order valence-corrected chi connectivity index (χ0v) is 11.8. The minimum atomic E-state index is -1.26. The van der Waals surface area contributed by atoms with Crippen LogP contribution in [0.2, 0.25) is 0 Å². The average Bonchev–Trinajstić information content (AvgIpc) is 3.39. The molecule has 10 nitrogen and oxygen atoms in total. The number of aliphatic hydroxyl groups is 2. The van der Waals surface area contributed by atoms with Crippen molar-refractivity contribution >= 4 is 0 Å². The third-order valence-electron chi connectivity index (χ3n) is 3.57. The van der Waals surface area contributed by atoms with Gasteiger partial charge in [-0.25, -0.2) is 28.1 Å². The first-order valence-corrected chi connectivity index (χ1v) is 6.98. The average molecular weight is 315 g/mol. The monoisotopic (exact) mass is 315 g/mol. The number of aromatic nitrogens is 3. The van der Waals surface area contributed by atoms with Crippen molar-refractivity contribution in [1.29, 1.82) is 0 Å². The standard InChI is InChI=1S/C12H17N3O7/c16-4-7(17)1-13-10(18)14(2-8-5-21-8)12(20)15(11(13)19)3-9-6-22-9/h7-9,16-17H,1-6H2. The Morgan fingerprint density at radius 3 is 1.73 bits per heavy atom. The van der Waals surface area contributed by atoms with Gasteiger partial charge >= 0.3 is 17.1 Å². The normalized spacial score (nSPS) is 24.3. The predicted molar refractivity (Wildman–Crippen MR) is 71.8 cm³/mol. The first-order valence-electron chi connectivity index (χ1n) is 6.98. The second kappa shape index (κ2) is 5.80. The third kappa shape index (κ3) is 3.04. The van der Waals surface area contributed by atoms with Gasteiger partial charge in [-0.15, -0.1) is 0 Å². The van der Waals surface area contributed by atoms with Crippen molar-refractivity contribution in [2.45, 2.75) is 37.9 Å². The summed E-state index contributed by atoms with van der Waals surface area (Å²) in [6.07, 6.45) is -1.70. The van der Waals surface area contributed by atoms with E-state index >= 15 is 0 Å². The molecule has 0 amide bonds. The van der Waals surface area contributed by atoms with E-state index in [1.54, 1.807) is 0 Å². The minimum absolute atomic E-state index is 0.0543. The molecule has 0 spiro atoms. The van der Waals surface area contributed by atoms with Crippen molar-refractivity contribution in [2.75, 3.05) is 19.8 Å². The molecule has 22 heavy (non-hydrogen) atoms. The fourth-order valence-electron chi connectivity index (χ4n) is 2.17. The van der Waals surface area contributed by atoms with Crippen molar-refractivity contribution in [3.63, 3.8) is 0 Å². The van der Waals surface area contributed by atoms with E-state index in [2.05, 4.69) is 0 Å². The predicted octanol–water partition coefficient (Wildman–Crippen LogP) is -3.68. The summed E-state index contributed by atoms with van der Waals surface area (Å²) in [4.78, 5) is 37.0. The quantitative estimate of drug-likeness (QED) is 0.495. The number of hydrogen-bond acceptors (Lipinski definition) is 7. The highest BCUT2D eigenvalue weighted by atomic mass is 16.6. The first kappa shape index (κ1) is 15.2. The van der Waals surface area contributed by atoms with Crippen LogP contribution in [0.4, 0.5) is 0 Å². The summed E-state index contributed by atoms with van der Waals surface area (Å²) in [7, 11) is 0. The largest absolute Gasteiger partial charge is 0.394 e. The summed E-state index contributed by atoms with van der Waals surface area (Å²) in [6, 6.07) is 0. The second-order valence-electron chi connectivity index (χ2n) is 5.43. The van der Waals surface area contributed by atoms with E-state index in [9.17, 15) is 19.5 Å². The number of rotatable bonds is 7. The van der Waals surface area contributed by atoms with Gasteiger partial charge in [0, 0.05) is 0 Å². The Hall–Kier alpha value is -1.75. The van der Waals surface area contributed by atoms with Gasteiger partial charge in [0.05, 0.1) is 57.8 Å². The summed E-state index contributed by atoms with van der Waals surface area (Å²) < 4.78 is 12.6. The van der Waals surface area contributed by atoms with Crippen LogP contribution in [0, 0.1) is 0 Å². The van der Waals surface area contributed by atoms with Crippen LogP contribution in [-0.2, 0) is 29.1 Å². The van der Waals surface area contributed by atoms with Crippen molar-refractivity contribution in [1.82, 2.24) is 13.7 Å². The fraction of sp³-hybridized carbons (Fsp3) is 0.750. The van der Waals surface area contributed by atoms with Crippen molar-refractivity contribution < 1.29 is 19.7 Å². The molecule has 2 fully saturated rings. The molecule has 3 atom stereocenters. The van der Waals surface area contributed by atoms with Gasteiger partial charge in [-0.1, -0.05) is 0 Å². The molecule has 0 aromatic carbocycles. The van der Waals surface area contributed by atoms with Crippen molar-refractivity contribution in [3.8, 4) is 0 Å². The van der Waals surface area contributed by atoms with Gasteiger partial charge in [0.15, 0.2) is 0 Å². The lowest BCUT2D eigenvalue weighted by atomic mass is 10.4. The van der Waals surface area contributed by atoms with E-state index in [1.807, 2.05) is 0 Å². The molecule has 2 saturated heterocycles. The van der Waals surface area contributed by atoms with Crippen LogP contribution in [0.15, 0.2) is 14.4 Å². The Morgan fingerprint density at radius 1 is 0.955 bits per heavy atom. The van der Waals surface area contributed by atoms with Gasteiger partial charge in [0.1, 0.15) is 0 Å². The number of nitrogens with zero attached hydrogens (tertiary/aromatic N) is 3. The molecule has 3 rings (SSSR count). The maximum Gasteiger partial charge on any atom is 0.336 e. The molecular weight excluding hydrogens is 298 g/mol. The Balaban J connectivity index is 2.07. The zero-order chi connectivity index (χ0) is 15.9. The third-order valence-corrected chi connectivity index (χ3v) is 3.57. The molecule has 1 aromatic heterocycles. The van der Waals surface area contributed by atoms with Crippen LogP contribution in [0.5, 0.6) is 0 Å². The fourth-order valence-corrected chi connectivity index (χ4v) is 2.17. The summed E-state index contributed by atoms with van der Waals surface area (Å²) in [5.74, 6) is 0. The van der Waals surface area contributed by atoms with Gasteiger partial charge in [-0.3, -0.25) is 0 Å². The topological polar surface area (TPSA) is 132 Å². The lowest BCUT2D eigenvalue weighted by Gasteiger charge is -2.14. The number of epoxide rings is 2. The molecule has 1 aromatic rings. The Bertz CT molecular complexity index is 673. The SMILES string of the molecule is O=c1n(CC(O)CO)c(=O)n(CC2CO2)c(=O)n1CC1CO1. The molecule has 0 saturated carbocycles. The van der Waals surface area contributed by atoms with Gasteiger partial charge in [0.2, 0.25) is 0 Å². The van der Waals surface area contributed by atoms with Crippen LogP contribution >= 0.6 is 0 Å². The van der Waals surface area contributed by atoms with Crippen molar-refractivity contribution in [2.24, 2.45) is 0 Å². The minimum Gasteiger partial charge on any atom is -0.394 e. The summed E-state index contributed by atoms with van der Waals surface area (Å²) >= 11 is 0. The molecule has 10 heteroatoms. The van der Waals surface area contributed by atoms with Crippen LogP contribution in [-0.4, -0.2) is 62.0 Å². The van der Waals surface area contributed by atoms with E-state index in [0.717, 1.165) is 13.7 Å². The number of hydrogen-bond donors (Lipinski definition) is 2. The Kier molecular flexibility index (Phi) is 4.00. The van der Waals surface area contributed by atoms with Crippen LogP contribution in [0.1, 0.15) is 0 Å². The van der Waals surface area contributed by atoms with Crippen LogP contribution in [0.25, 0.3) is 0 Å². The molecular formula is C12H17N3O7. The van der Waals surface area contributed by atoms with Gasteiger partial charge in [0.25, 0.3) is 0 Å². The second-order valence-corrected chi connectivity index (χ2v) is 5.43. The zero-order valence-electron chi connectivity index (χ0n) is 11.8. The molecule has 0 bridgehead atoms. The van der Waals surface area contributed by atoms with Gasteiger partial charge in [-0.2, -0.15) is 0 Å². The highest BCUT2D eigenvalue weighted by molar-refractivity contribution is 4.85. The summed E-state index contributed by atoms with van der Waals surface area (Å²) in [5.41, 5.74) is -2.34. The highest BCUT2D eigenvalue weighted by Crippen LogP contribution is 2.10. The van der Waals surface area contributed by atoms with E-state index in [1.165, 1.54) is 0 Å². The van der Waals surface area contributed by atoms with E-state index in [-0.39, 0.29) is 31.8 Å². The van der Waals surface area contributed by atoms with Gasteiger partial charge < -0.3 is 19.7 Å². The molecule has 2 aliphatic heterocycles. The smallest absolute Gasteiger partial charge is 0.336 e. The molecule has 2 N–H and O–H groups in total. The van der Waals surface area contributed by atoms with E-state index in [0.29, 0.717) is 13.2 Å². The molecule has 0 radical (unpaired) electrons. The molecule has 3 heterocycles. The highest BCUT2D eigenvalue weighted by Gasteiger charge is 2.29. The maximum absolute atomic E-state index is 12.3. The maximum atomic E-state index is 12.3. The Labute approximate surface area is 123 Å². The molecule has 122 valence electrons. The van der Waals surface area contributed by atoms with Gasteiger partial charge in [-0.05, 0) is 0 Å². The lowest BCUT2D eigenvalue weighted by Crippen LogP contribution is -2.56. The lowest BCUT2D eigenvalue weighted by molar-refractivity contribution is 0.0776. The molecule has 3 unspecified atom stereocenters. The number of ether oxygens (including phenoxy) is 2. The van der Waals surface area contributed by atoms with Crippen LogP contribution in [0.3, 0.4) is 0 Å². The van der Waals surface area contributed by atoms with E-state index < -0.39 is 29.8 Å².